The van der Waals surface area contributed by atoms with Crippen LogP contribution in [0.5, 0.6) is 0 Å². The van der Waals surface area contributed by atoms with Gasteiger partial charge in [0.2, 0.25) is 0 Å². The molecule has 1 aliphatic heterocycles. The Morgan fingerprint density at radius 3 is 3.00 bits per heavy atom. The number of carbonyl (C=O) groups excluding carboxylic acids is 1. The first-order chi connectivity index (χ1) is 10.1. The van der Waals surface area contributed by atoms with E-state index in [0.29, 0.717) is 18.2 Å². The Balaban J connectivity index is 2.12. The lowest BCUT2D eigenvalue weighted by molar-refractivity contribution is -0.146. The van der Waals surface area contributed by atoms with E-state index >= 15 is 0 Å². The van der Waals surface area contributed by atoms with E-state index in [9.17, 15) is 4.79 Å². The molecular weight excluding hydrogens is 290 g/mol. The Morgan fingerprint density at radius 2 is 2.38 bits per heavy atom. The zero-order valence-corrected chi connectivity index (χ0v) is 13.3. The minimum atomic E-state index is -0.480. The number of esters is 1. The normalized spacial score (nSPS) is 19.5. The number of hydrogen-bond donors (Lipinski definition) is 1. The average molecular weight is 312 g/mol. The summed E-state index contributed by atoms with van der Waals surface area (Å²) in [5.74, 6) is -0.263. The van der Waals surface area contributed by atoms with E-state index in [4.69, 9.17) is 21.1 Å². The smallest absolute Gasteiger partial charge is 0.327 e. The Labute approximate surface area is 130 Å². The minimum Gasteiger partial charge on any atom is -0.465 e. The average Bonchev–Trinajstić information content (AvgIpc) is 2.94. The maximum Gasteiger partial charge on any atom is 0.327 e. The zero-order chi connectivity index (χ0) is 15.2. The molecule has 1 saturated heterocycles. The van der Waals surface area contributed by atoms with Crippen LogP contribution in [0.25, 0.3) is 0 Å². The van der Waals surface area contributed by atoms with Crippen LogP contribution in [0.2, 0.25) is 5.02 Å². The number of nitrogens with one attached hydrogen (secondary N) is 1. The Hall–Kier alpha value is -1.10. The molecule has 1 aromatic carbocycles. The van der Waals surface area contributed by atoms with Crippen molar-refractivity contribution in [3.63, 3.8) is 0 Å². The highest BCUT2D eigenvalue weighted by atomic mass is 35.5. The van der Waals surface area contributed by atoms with E-state index in [2.05, 4.69) is 5.32 Å². The number of hydrogen-bond acceptors (Lipinski definition) is 4. The van der Waals surface area contributed by atoms with E-state index in [1.807, 2.05) is 26.0 Å². The largest absolute Gasteiger partial charge is 0.465 e. The highest BCUT2D eigenvalue weighted by molar-refractivity contribution is 6.30. The van der Waals surface area contributed by atoms with Crippen molar-refractivity contribution in [3.05, 3.63) is 34.3 Å². The molecule has 21 heavy (non-hydrogen) atoms. The van der Waals surface area contributed by atoms with Gasteiger partial charge in [-0.15, -0.1) is 0 Å². The molecule has 1 aromatic rings. The third kappa shape index (κ3) is 4.43. The van der Waals surface area contributed by atoms with Gasteiger partial charge in [-0.3, -0.25) is 5.32 Å². The fourth-order valence-electron chi connectivity index (χ4n) is 2.56. The molecule has 1 fully saturated rings. The number of aryl methyl sites for hydroxylation is 1. The van der Waals surface area contributed by atoms with Crippen molar-refractivity contribution in [3.8, 4) is 0 Å². The third-order valence-corrected chi connectivity index (χ3v) is 3.87. The molecule has 116 valence electrons. The van der Waals surface area contributed by atoms with Crippen molar-refractivity contribution in [1.29, 1.82) is 0 Å². The summed E-state index contributed by atoms with van der Waals surface area (Å²) in [5, 5.41) is 3.95. The summed E-state index contributed by atoms with van der Waals surface area (Å²) in [6, 6.07) is 5.05. The number of carbonyl (C=O) groups is 1. The van der Waals surface area contributed by atoms with Crippen molar-refractivity contribution >= 4 is 17.6 Å². The summed E-state index contributed by atoms with van der Waals surface area (Å²) in [7, 11) is 0. The van der Waals surface area contributed by atoms with Gasteiger partial charge in [0.15, 0.2) is 0 Å². The van der Waals surface area contributed by atoms with Crippen molar-refractivity contribution < 1.29 is 14.3 Å². The van der Waals surface area contributed by atoms with Gasteiger partial charge in [0, 0.05) is 18.2 Å². The molecule has 4 nitrogen and oxygen atoms in total. The highest BCUT2D eigenvalue weighted by Crippen LogP contribution is 2.23. The van der Waals surface area contributed by atoms with Gasteiger partial charge in [-0.1, -0.05) is 17.7 Å². The SMILES string of the molecule is CCOC(=O)C(NCC1CCCO1)c1ccc(Cl)cc1C. The van der Waals surface area contributed by atoms with Crippen LogP contribution in [0.15, 0.2) is 18.2 Å². The quantitative estimate of drug-likeness (QED) is 0.820. The van der Waals surface area contributed by atoms with Crippen LogP contribution in [-0.2, 0) is 14.3 Å². The summed E-state index contributed by atoms with van der Waals surface area (Å²) in [5.41, 5.74) is 1.87. The molecule has 0 aliphatic carbocycles. The number of rotatable bonds is 6. The molecule has 1 aliphatic rings. The van der Waals surface area contributed by atoms with Gasteiger partial charge in [-0.05, 0) is 49.9 Å². The monoisotopic (exact) mass is 311 g/mol. The maximum atomic E-state index is 12.2. The van der Waals surface area contributed by atoms with Crippen LogP contribution in [0.1, 0.15) is 36.9 Å². The fraction of sp³-hybridized carbons (Fsp3) is 0.562. The number of benzene rings is 1. The second-order valence-corrected chi connectivity index (χ2v) is 5.67. The topological polar surface area (TPSA) is 47.6 Å². The zero-order valence-electron chi connectivity index (χ0n) is 12.5. The second-order valence-electron chi connectivity index (χ2n) is 5.23. The second kappa shape index (κ2) is 7.78. The molecule has 2 atom stereocenters. The molecule has 0 saturated carbocycles. The molecular formula is C16H22ClNO3. The molecule has 2 rings (SSSR count). The first-order valence-electron chi connectivity index (χ1n) is 7.39. The van der Waals surface area contributed by atoms with Gasteiger partial charge in [0.25, 0.3) is 0 Å². The van der Waals surface area contributed by atoms with E-state index in [0.717, 1.165) is 30.6 Å². The van der Waals surface area contributed by atoms with E-state index in [1.54, 1.807) is 6.07 Å². The summed E-state index contributed by atoms with van der Waals surface area (Å²) < 4.78 is 10.8. The molecule has 0 amide bonds. The standard InChI is InChI=1S/C16H22ClNO3/c1-3-20-16(19)15(18-10-13-5-4-8-21-13)14-7-6-12(17)9-11(14)2/h6-7,9,13,15,18H,3-5,8,10H2,1-2H3. The van der Waals surface area contributed by atoms with Crippen LogP contribution in [0.4, 0.5) is 0 Å². The van der Waals surface area contributed by atoms with Crippen LogP contribution < -0.4 is 5.32 Å². The molecule has 1 N–H and O–H groups in total. The molecule has 5 heteroatoms. The summed E-state index contributed by atoms with van der Waals surface area (Å²) in [6.45, 7) is 5.57. The van der Waals surface area contributed by atoms with Crippen molar-refractivity contribution in [2.24, 2.45) is 0 Å². The number of halogens is 1. The minimum absolute atomic E-state index is 0.175. The Kier molecular flexibility index (Phi) is 6.03. The molecule has 0 aromatic heterocycles. The summed E-state index contributed by atoms with van der Waals surface area (Å²) in [4.78, 5) is 12.2. The van der Waals surface area contributed by atoms with Crippen LogP contribution >= 0.6 is 11.6 Å². The predicted octanol–water partition coefficient (Wildman–Crippen LogP) is 3.02. The van der Waals surface area contributed by atoms with Gasteiger partial charge < -0.3 is 9.47 Å². The predicted molar refractivity (Wildman–Crippen MR) is 82.5 cm³/mol. The first kappa shape index (κ1) is 16.3. The fourth-order valence-corrected chi connectivity index (χ4v) is 2.79. The van der Waals surface area contributed by atoms with Gasteiger partial charge in [-0.25, -0.2) is 4.79 Å². The van der Waals surface area contributed by atoms with Crippen molar-refractivity contribution in [2.45, 2.75) is 38.8 Å². The molecule has 2 unspecified atom stereocenters. The maximum absolute atomic E-state index is 12.2. The van der Waals surface area contributed by atoms with E-state index in [1.165, 1.54) is 0 Å². The van der Waals surface area contributed by atoms with E-state index in [-0.39, 0.29) is 12.1 Å². The molecule has 0 radical (unpaired) electrons. The Morgan fingerprint density at radius 1 is 1.57 bits per heavy atom. The third-order valence-electron chi connectivity index (χ3n) is 3.64. The van der Waals surface area contributed by atoms with Crippen LogP contribution in [0.3, 0.4) is 0 Å². The summed E-state index contributed by atoms with van der Waals surface area (Å²) in [6.07, 6.45) is 2.29. The van der Waals surface area contributed by atoms with E-state index < -0.39 is 6.04 Å². The molecule has 0 bridgehead atoms. The van der Waals surface area contributed by atoms with Gasteiger partial charge >= 0.3 is 5.97 Å². The van der Waals surface area contributed by atoms with Gasteiger partial charge in [-0.2, -0.15) is 0 Å². The number of ether oxygens (including phenoxy) is 2. The molecule has 0 spiro atoms. The Bertz CT molecular complexity index is 486. The molecule has 1 heterocycles. The lowest BCUT2D eigenvalue weighted by Gasteiger charge is -2.21. The van der Waals surface area contributed by atoms with Gasteiger partial charge in [0.1, 0.15) is 6.04 Å². The van der Waals surface area contributed by atoms with Crippen molar-refractivity contribution in [1.82, 2.24) is 5.32 Å². The van der Waals surface area contributed by atoms with Gasteiger partial charge in [0.05, 0.1) is 12.7 Å². The van der Waals surface area contributed by atoms with Crippen LogP contribution in [-0.4, -0.2) is 31.8 Å². The van der Waals surface area contributed by atoms with Crippen LogP contribution in [0, 0.1) is 6.92 Å². The lowest BCUT2D eigenvalue weighted by atomic mass is 10.0. The highest BCUT2D eigenvalue weighted by Gasteiger charge is 2.25. The lowest BCUT2D eigenvalue weighted by Crippen LogP contribution is -2.35. The summed E-state index contributed by atoms with van der Waals surface area (Å²) >= 11 is 5.99. The van der Waals surface area contributed by atoms with Crippen molar-refractivity contribution in [2.75, 3.05) is 19.8 Å². The first-order valence-corrected chi connectivity index (χ1v) is 7.77.